The van der Waals surface area contributed by atoms with Crippen LogP contribution in [0.25, 0.3) is 11.3 Å². The Morgan fingerprint density at radius 1 is 1.12 bits per heavy atom. The molecule has 1 saturated carbocycles. The highest BCUT2D eigenvalue weighted by molar-refractivity contribution is 7.14. The normalized spacial score (nSPS) is 25.0. The van der Waals surface area contributed by atoms with Gasteiger partial charge in [-0.15, -0.1) is 11.3 Å². The molecule has 0 amide bonds. The van der Waals surface area contributed by atoms with Crippen LogP contribution in [0.5, 0.6) is 5.75 Å². The maximum absolute atomic E-state index is 14.4. The van der Waals surface area contributed by atoms with E-state index in [2.05, 4.69) is 10.1 Å². The van der Waals surface area contributed by atoms with Crippen molar-refractivity contribution in [1.29, 1.82) is 0 Å². The van der Waals surface area contributed by atoms with E-state index in [1.807, 2.05) is 30.3 Å². The number of rotatable bonds is 4. The number of hydrazone groups is 1. The van der Waals surface area contributed by atoms with Gasteiger partial charge in [-0.3, -0.25) is 0 Å². The van der Waals surface area contributed by atoms with Crippen molar-refractivity contribution in [1.82, 2.24) is 4.98 Å². The molecule has 5 rings (SSSR count). The SMILES string of the molecule is COc1ccc(-c2csc(N3N=C4CC[C@H](c5ccccc5)C[C@@H]4[C@]3(O)C(F)(F)F)n2)cc1. The van der Waals surface area contributed by atoms with E-state index >= 15 is 0 Å². The first kappa shape index (κ1) is 21.9. The van der Waals surface area contributed by atoms with E-state index in [0.717, 1.165) is 22.5 Å². The molecule has 5 nitrogen and oxygen atoms in total. The molecule has 3 atom stereocenters. The number of nitrogens with zero attached hydrogens (tertiary/aromatic N) is 3. The number of halogens is 3. The van der Waals surface area contributed by atoms with Crippen LogP contribution in [0, 0.1) is 5.92 Å². The first-order chi connectivity index (χ1) is 15.8. The highest BCUT2D eigenvalue weighted by atomic mass is 32.1. The van der Waals surface area contributed by atoms with Crippen LogP contribution in [0.15, 0.2) is 65.1 Å². The van der Waals surface area contributed by atoms with Crippen molar-refractivity contribution in [3.8, 4) is 17.0 Å². The number of thiazole rings is 1. The van der Waals surface area contributed by atoms with Crippen LogP contribution in [0.1, 0.15) is 30.7 Å². The third-order valence-corrected chi connectivity index (χ3v) is 7.27. The Morgan fingerprint density at radius 3 is 2.52 bits per heavy atom. The van der Waals surface area contributed by atoms with Crippen molar-refractivity contribution in [3.05, 3.63) is 65.5 Å². The molecular weight excluding hydrogens is 451 g/mol. The minimum absolute atomic E-state index is 0.0128. The molecule has 2 heterocycles. The summed E-state index contributed by atoms with van der Waals surface area (Å²) in [4.78, 5) is 4.40. The molecule has 0 saturated heterocycles. The van der Waals surface area contributed by atoms with Crippen LogP contribution in [-0.4, -0.2) is 34.8 Å². The number of aliphatic hydroxyl groups is 1. The summed E-state index contributed by atoms with van der Waals surface area (Å²) in [5.74, 6) is -0.552. The number of alkyl halides is 3. The smallest absolute Gasteiger partial charge is 0.439 e. The van der Waals surface area contributed by atoms with E-state index in [4.69, 9.17) is 4.74 Å². The Balaban J connectivity index is 1.48. The summed E-state index contributed by atoms with van der Waals surface area (Å²) in [5.41, 5.74) is -0.523. The summed E-state index contributed by atoms with van der Waals surface area (Å²) in [6.07, 6.45) is -3.65. The average molecular weight is 474 g/mol. The summed E-state index contributed by atoms with van der Waals surface area (Å²) < 4.78 is 48.3. The molecule has 2 aromatic carbocycles. The molecule has 172 valence electrons. The van der Waals surface area contributed by atoms with Crippen LogP contribution < -0.4 is 9.75 Å². The van der Waals surface area contributed by atoms with Gasteiger partial charge in [0.05, 0.1) is 18.7 Å². The lowest BCUT2D eigenvalue weighted by molar-refractivity contribution is -0.269. The molecule has 1 aliphatic carbocycles. The van der Waals surface area contributed by atoms with Crippen LogP contribution in [-0.2, 0) is 0 Å². The van der Waals surface area contributed by atoms with Crippen LogP contribution in [0.3, 0.4) is 0 Å². The number of fused-ring (bicyclic) bond motifs is 1. The molecule has 1 fully saturated rings. The van der Waals surface area contributed by atoms with Crippen LogP contribution in [0.2, 0.25) is 0 Å². The van der Waals surface area contributed by atoms with Crippen molar-refractivity contribution in [3.63, 3.8) is 0 Å². The zero-order chi connectivity index (χ0) is 23.2. The zero-order valence-electron chi connectivity index (χ0n) is 17.8. The van der Waals surface area contributed by atoms with Gasteiger partial charge >= 0.3 is 6.18 Å². The fourth-order valence-electron chi connectivity index (χ4n) is 4.69. The second-order valence-corrected chi connectivity index (χ2v) is 9.14. The Bertz CT molecular complexity index is 1160. The predicted molar refractivity (Wildman–Crippen MR) is 122 cm³/mol. The third kappa shape index (κ3) is 3.69. The number of ether oxygens (including phenoxy) is 1. The van der Waals surface area contributed by atoms with E-state index in [1.165, 1.54) is 0 Å². The minimum Gasteiger partial charge on any atom is -0.497 e. The molecule has 9 heteroatoms. The van der Waals surface area contributed by atoms with Crippen LogP contribution >= 0.6 is 11.3 Å². The number of hydrogen-bond acceptors (Lipinski definition) is 6. The van der Waals surface area contributed by atoms with Gasteiger partial charge in [-0.1, -0.05) is 30.3 Å². The van der Waals surface area contributed by atoms with Gasteiger partial charge in [-0.2, -0.15) is 23.3 Å². The fraction of sp³-hybridized carbons (Fsp3) is 0.333. The van der Waals surface area contributed by atoms with Crippen molar-refractivity contribution < 1.29 is 23.0 Å². The lowest BCUT2D eigenvalue weighted by Crippen LogP contribution is -2.60. The number of anilines is 1. The van der Waals surface area contributed by atoms with Gasteiger partial charge < -0.3 is 9.84 Å². The highest BCUT2D eigenvalue weighted by Crippen LogP contribution is 2.52. The summed E-state index contributed by atoms with van der Waals surface area (Å²) in [6.45, 7) is 0. The lowest BCUT2D eigenvalue weighted by Gasteiger charge is -2.39. The maximum Gasteiger partial charge on any atom is 0.439 e. The predicted octanol–water partition coefficient (Wildman–Crippen LogP) is 5.83. The Hall–Kier alpha value is -2.91. The van der Waals surface area contributed by atoms with Gasteiger partial charge in [-0.05, 0) is 55.0 Å². The lowest BCUT2D eigenvalue weighted by atomic mass is 9.73. The Morgan fingerprint density at radius 2 is 1.85 bits per heavy atom. The second-order valence-electron chi connectivity index (χ2n) is 8.31. The molecular formula is C24H22F3N3O2S. The molecule has 33 heavy (non-hydrogen) atoms. The molecule has 2 aliphatic rings. The van der Waals surface area contributed by atoms with E-state index in [-0.39, 0.29) is 17.5 Å². The largest absolute Gasteiger partial charge is 0.497 e. The average Bonchev–Trinajstić information content (AvgIpc) is 3.43. The van der Waals surface area contributed by atoms with Gasteiger partial charge in [0.25, 0.3) is 5.72 Å². The first-order valence-corrected chi connectivity index (χ1v) is 11.5. The topological polar surface area (TPSA) is 58.0 Å². The molecule has 0 spiro atoms. The summed E-state index contributed by atoms with van der Waals surface area (Å²) in [5, 5.41) is 17.8. The van der Waals surface area contributed by atoms with E-state index in [9.17, 15) is 18.3 Å². The minimum atomic E-state index is -4.91. The van der Waals surface area contributed by atoms with E-state index in [1.54, 1.807) is 36.8 Å². The van der Waals surface area contributed by atoms with Gasteiger partial charge in [0.1, 0.15) is 5.75 Å². The van der Waals surface area contributed by atoms with Gasteiger partial charge in [0.15, 0.2) is 0 Å². The summed E-state index contributed by atoms with van der Waals surface area (Å²) >= 11 is 1.03. The summed E-state index contributed by atoms with van der Waals surface area (Å²) in [6, 6.07) is 16.6. The van der Waals surface area contributed by atoms with Gasteiger partial charge in [0, 0.05) is 16.7 Å². The Labute approximate surface area is 193 Å². The molecule has 3 aromatic rings. The number of hydrogen-bond donors (Lipinski definition) is 1. The quantitative estimate of drug-likeness (QED) is 0.518. The standard InChI is InChI=1S/C24H22F3N3O2S/c1-32-18-10-7-16(8-11-18)21-14-33-22(28-21)30-23(31,24(25,26)27)19-13-17(9-12-20(19)29-30)15-5-3-2-4-6-15/h2-8,10-11,14,17,19,31H,9,12-13H2,1H3/t17-,19-,23-/m0/s1. The third-order valence-electron chi connectivity index (χ3n) is 6.46. The number of methoxy groups -OCH3 is 1. The maximum atomic E-state index is 14.4. The van der Waals surface area contributed by atoms with Crippen molar-refractivity contribution >= 4 is 22.2 Å². The monoisotopic (exact) mass is 473 g/mol. The molecule has 0 radical (unpaired) electrons. The van der Waals surface area contributed by atoms with E-state index in [0.29, 0.717) is 35.0 Å². The van der Waals surface area contributed by atoms with Crippen molar-refractivity contribution in [2.24, 2.45) is 11.0 Å². The number of benzene rings is 2. The molecule has 1 N–H and O–H groups in total. The highest BCUT2D eigenvalue weighted by Gasteiger charge is 2.68. The molecule has 1 aliphatic heterocycles. The fourth-order valence-corrected chi connectivity index (χ4v) is 5.53. The zero-order valence-corrected chi connectivity index (χ0v) is 18.6. The molecule has 1 aromatic heterocycles. The first-order valence-electron chi connectivity index (χ1n) is 10.6. The molecule has 0 bridgehead atoms. The van der Waals surface area contributed by atoms with E-state index < -0.39 is 17.8 Å². The second kappa shape index (κ2) is 8.14. The van der Waals surface area contributed by atoms with Crippen molar-refractivity contribution in [2.45, 2.75) is 37.1 Å². The van der Waals surface area contributed by atoms with Crippen LogP contribution in [0.4, 0.5) is 18.3 Å². The number of aromatic nitrogens is 1. The van der Waals surface area contributed by atoms with Gasteiger partial charge in [0.2, 0.25) is 5.13 Å². The van der Waals surface area contributed by atoms with Gasteiger partial charge in [-0.25, -0.2) is 4.98 Å². The molecule has 0 unspecified atom stereocenters. The summed E-state index contributed by atoms with van der Waals surface area (Å²) in [7, 11) is 1.56. The Kier molecular flexibility index (Phi) is 5.41. The van der Waals surface area contributed by atoms with Crippen molar-refractivity contribution in [2.75, 3.05) is 12.1 Å².